The molecule has 106 valence electrons. The zero-order chi connectivity index (χ0) is 13.7. The topological polar surface area (TPSA) is 30.5 Å². The van der Waals surface area contributed by atoms with Gasteiger partial charge in [0.15, 0.2) is 0 Å². The summed E-state index contributed by atoms with van der Waals surface area (Å²) < 4.78 is 11.9. The van der Waals surface area contributed by atoms with Crippen molar-refractivity contribution in [1.29, 1.82) is 0 Å². The van der Waals surface area contributed by atoms with E-state index in [9.17, 15) is 0 Å². The first-order valence-corrected chi connectivity index (χ1v) is 7.64. The molecule has 4 heteroatoms. The van der Waals surface area contributed by atoms with Gasteiger partial charge < -0.3 is 14.8 Å². The van der Waals surface area contributed by atoms with Crippen molar-refractivity contribution < 1.29 is 9.47 Å². The van der Waals surface area contributed by atoms with Crippen LogP contribution in [0.4, 0.5) is 0 Å². The summed E-state index contributed by atoms with van der Waals surface area (Å²) in [6.07, 6.45) is 2.31. The molecule has 1 aliphatic rings. The molecule has 0 amide bonds. The zero-order valence-electron chi connectivity index (χ0n) is 11.6. The van der Waals surface area contributed by atoms with Gasteiger partial charge in [0.2, 0.25) is 0 Å². The summed E-state index contributed by atoms with van der Waals surface area (Å²) >= 11 is 3.52. The first-order valence-electron chi connectivity index (χ1n) is 6.85. The summed E-state index contributed by atoms with van der Waals surface area (Å²) in [5.41, 5.74) is 1.19. The maximum absolute atomic E-state index is 5.45. The summed E-state index contributed by atoms with van der Waals surface area (Å²) in [6, 6.07) is 6.66. The van der Waals surface area contributed by atoms with Gasteiger partial charge in [0, 0.05) is 31.4 Å². The molecule has 1 aromatic carbocycles. The minimum Gasteiger partial charge on any atom is -0.495 e. The molecule has 1 N–H and O–H groups in total. The highest BCUT2D eigenvalue weighted by molar-refractivity contribution is 9.10. The van der Waals surface area contributed by atoms with Gasteiger partial charge in [0.25, 0.3) is 0 Å². The molecule has 2 rings (SSSR count). The van der Waals surface area contributed by atoms with E-state index in [0.29, 0.717) is 12.0 Å². The first-order chi connectivity index (χ1) is 9.22. The number of para-hydroxylation sites is 1. The lowest BCUT2D eigenvalue weighted by molar-refractivity contribution is 0.0557. The van der Waals surface area contributed by atoms with Crippen molar-refractivity contribution >= 4 is 15.9 Å². The van der Waals surface area contributed by atoms with Crippen LogP contribution in [0.3, 0.4) is 0 Å². The molecule has 1 aliphatic heterocycles. The largest absolute Gasteiger partial charge is 0.495 e. The van der Waals surface area contributed by atoms with Crippen LogP contribution >= 0.6 is 15.9 Å². The molecule has 0 radical (unpaired) electrons. The number of hydrogen-bond acceptors (Lipinski definition) is 3. The van der Waals surface area contributed by atoms with Gasteiger partial charge in [-0.05, 0) is 47.7 Å². The number of halogens is 1. The first kappa shape index (κ1) is 14.8. The van der Waals surface area contributed by atoms with Crippen LogP contribution < -0.4 is 10.1 Å². The molecule has 1 saturated heterocycles. The molecule has 1 heterocycles. The van der Waals surface area contributed by atoms with Gasteiger partial charge in [0.1, 0.15) is 5.75 Å². The van der Waals surface area contributed by atoms with Crippen LogP contribution in [0.1, 0.15) is 25.3 Å². The average Bonchev–Trinajstić information content (AvgIpc) is 2.45. The lowest BCUT2D eigenvalue weighted by Gasteiger charge is -2.28. The van der Waals surface area contributed by atoms with Crippen molar-refractivity contribution in [3.05, 3.63) is 28.2 Å². The second-order valence-electron chi connectivity index (χ2n) is 5.05. The monoisotopic (exact) mass is 327 g/mol. The van der Waals surface area contributed by atoms with Gasteiger partial charge in [-0.1, -0.05) is 12.1 Å². The molecule has 19 heavy (non-hydrogen) atoms. The molecular formula is C15H22BrNO2. The Hall–Kier alpha value is -0.580. The highest BCUT2D eigenvalue weighted by Crippen LogP contribution is 2.29. The van der Waals surface area contributed by atoms with Crippen LogP contribution in [-0.2, 0) is 11.3 Å². The third-order valence-electron chi connectivity index (χ3n) is 3.84. The predicted molar refractivity (Wildman–Crippen MR) is 80.5 cm³/mol. The van der Waals surface area contributed by atoms with E-state index in [4.69, 9.17) is 9.47 Å². The fraction of sp³-hybridized carbons (Fsp3) is 0.600. The van der Waals surface area contributed by atoms with Crippen LogP contribution in [0, 0.1) is 5.92 Å². The number of rotatable bonds is 5. The van der Waals surface area contributed by atoms with Crippen molar-refractivity contribution in [2.24, 2.45) is 5.92 Å². The third kappa shape index (κ3) is 3.94. The number of hydrogen-bond donors (Lipinski definition) is 1. The van der Waals surface area contributed by atoms with Crippen molar-refractivity contribution in [3.8, 4) is 5.75 Å². The highest BCUT2D eigenvalue weighted by Gasteiger charge is 2.20. The number of methoxy groups -OCH3 is 1. The smallest absolute Gasteiger partial charge is 0.137 e. The summed E-state index contributed by atoms with van der Waals surface area (Å²) in [6.45, 7) is 4.90. The van der Waals surface area contributed by atoms with Crippen molar-refractivity contribution in [1.82, 2.24) is 5.32 Å². The Morgan fingerprint density at radius 2 is 2.16 bits per heavy atom. The van der Waals surface area contributed by atoms with E-state index < -0.39 is 0 Å². The molecule has 0 bridgehead atoms. The Morgan fingerprint density at radius 1 is 1.42 bits per heavy atom. The summed E-state index contributed by atoms with van der Waals surface area (Å²) in [4.78, 5) is 0. The molecule has 0 unspecified atom stereocenters. The Bertz CT molecular complexity index is 405. The zero-order valence-corrected chi connectivity index (χ0v) is 13.2. The molecule has 1 aromatic rings. The van der Waals surface area contributed by atoms with E-state index in [0.717, 1.165) is 42.8 Å². The van der Waals surface area contributed by atoms with Crippen LogP contribution in [0.5, 0.6) is 5.75 Å². The minimum atomic E-state index is 0.507. The van der Waals surface area contributed by atoms with Gasteiger partial charge >= 0.3 is 0 Å². The fourth-order valence-electron chi connectivity index (χ4n) is 2.57. The lowest BCUT2D eigenvalue weighted by Crippen LogP contribution is -2.36. The van der Waals surface area contributed by atoms with Crippen molar-refractivity contribution in [2.45, 2.75) is 32.4 Å². The van der Waals surface area contributed by atoms with Crippen LogP contribution in [0.25, 0.3) is 0 Å². The number of benzene rings is 1. The maximum atomic E-state index is 5.45. The van der Waals surface area contributed by atoms with Gasteiger partial charge in [-0.2, -0.15) is 0 Å². The van der Waals surface area contributed by atoms with Crippen LogP contribution in [0.2, 0.25) is 0 Å². The van der Waals surface area contributed by atoms with E-state index in [-0.39, 0.29) is 0 Å². The molecule has 1 fully saturated rings. The van der Waals surface area contributed by atoms with E-state index in [1.165, 1.54) is 5.56 Å². The lowest BCUT2D eigenvalue weighted by atomic mass is 9.93. The van der Waals surface area contributed by atoms with Crippen LogP contribution in [0.15, 0.2) is 22.7 Å². The van der Waals surface area contributed by atoms with E-state index in [1.807, 2.05) is 12.1 Å². The van der Waals surface area contributed by atoms with Gasteiger partial charge in [0.05, 0.1) is 11.6 Å². The Balaban J connectivity index is 1.92. The minimum absolute atomic E-state index is 0.507. The van der Waals surface area contributed by atoms with Gasteiger partial charge in [-0.25, -0.2) is 0 Å². The Labute approximate surface area is 123 Å². The van der Waals surface area contributed by atoms with Crippen molar-refractivity contribution in [2.75, 3.05) is 20.3 Å². The molecule has 1 atom stereocenters. The summed E-state index contributed by atoms with van der Waals surface area (Å²) in [7, 11) is 1.71. The average molecular weight is 328 g/mol. The third-order valence-corrected chi connectivity index (χ3v) is 4.46. The predicted octanol–water partition coefficient (Wildman–Crippen LogP) is 3.36. The second-order valence-corrected chi connectivity index (χ2v) is 5.91. The maximum Gasteiger partial charge on any atom is 0.137 e. The quantitative estimate of drug-likeness (QED) is 0.899. The number of nitrogens with one attached hydrogen (secondary N) is 1. The van der Waals surface area contributed by atoms with Crippen molar-refractivity contribution in [3.63, 3.8) is 0 Å². The fourth-order valence-corrected chi connectivity index (χ4v) is 3.14. The Kier molecular flexibility index (Phi) is 5.67. The van der Waals surface area contributed by atoms with Crippen LogP contribution in [-0.4, -0.2) is 26.4 Å². The van der Waals surface area contributed by atoms with Gasteiger partial charge in [-0.3, -0.25) is 0 Å². The normalized spacial score (nSPS) is 18.3. The van der Waals surface area contributed by atoms with E-state index in [2.05, 4.69) is 34.2 Å². The second kappa shape index (κ2) is 7.27. The highest BCUT2D eigenvalue weighted by atomic mass is 79.9. The molecule has 0 aliphatic carbocycles. The molecule has 0 saturated carbocycles. The molecule has 0 aromatic heterocycles. The van der Waals surface area contributed by atoms with E-state index in [1.54, 1.807) is 7.11 Å². The van der Waals surface area contributed by atoms with Gasteiger partial charge in [-0.15, -0.1) is 0 Å². The molecular weight excluding hydrogens is 306 g/mol. The Morgan fingerprint density at radius 3 is 2.84 bits per heavy atom. The SMILES string of the molecule is COc1c(Br)cccc1CN[C@H](C)C1CCOCC1. The molecule has 3 nitrogen and oxygen atoms in total. The number of ether oxygens (including phenoxy) is 2. The van der Waals surface area contributed by atoms with E-state index >= 15 is 0 Å². The molecule has 0 spiro atoms. The standard InChI is InChI=1S/C15H22BrNO2/c1-11(12-6-8-19-9-7-12)17-10-13-4-3-5-14(16)15(13)18-2/h3-5,11-12,17H,6-10H2,1-2H3/t11-/m1/s1. The summed E-state index contributed by atoms with van der Waals surface area (Å²) in [5, 5.41) is 3.61. The summed E-state index contributed by atoms with van der Waals surface area (Å²) in [5.74, 6) is 1.64.